The number of fused-ring (bicyclic) bond motifs is 1. The molecule has 0 radical (unpaired) electrons. The number of hydrogen-bond acceptors (Lipinski definition) is 6. The summed E-state index contributed by atoms with van der Waals surface area (Å²) in [6, 6.07) is 13.1. The largest absolute Gasteiger partial charge is 0.472 e. The molecule has 2 aromatic heterocycles. The molecule has 3 heterocycles. The van der Waals surface area contributed by atoms with E-state index in [9.17, 15) is 14.7 Å². The van der Waals surface area contributed by atoms with Crippen LogP contribution < -0.4 is 4.74 Å². The van der Waals surface area contributed by atoms with Crippen LogP contribution in [0.4, 0.5) is 0 Å². The molecule has 37 heavy (non-hydrogen) atoms. The van der Waals surface area contributed by atoms with Crippen molar-refractivity contribution in [2.45, 2.75) is 39.3 Å². The molecule has 0 fully saturated rings. The Labute approximate surface area is 217 Å². The van der Waals surface area contributed by atoms with Crippen molar-refractivity contribution >= 4 is 11.8 Å². The minimum atomic E-state index is -0.402. The SMILES string of the molecule is Cc1ccc(-c2cnc3c(c2)C(=O)N([C@H](C)CO)C[C@@H](C)[C@@H](CN(C)C(=O)Cc2cccnc2)O3)cc1. The fourth-order valence-corrected chi connectivity index (χ4v) is 4.41. The van der Waals surface area contributed by atoms with E-state index in [0.29, 0.717) is 18.7 Å². The van der Waals surface area contributed by atoms with E-state index in [-0.39, 0.29) is 42.7 Å². The van der Waals surface area contributed by atoms with E-state index in [4.69, 9.17) is 4.74 Å². The first-order valence-electron chi connectivity index (χ1n) is 12.5. The van der Waals surface area contributed by atoms with Crippen LogP contribution in [0.1, 0.15) is 35.3 Å². The third-order valence-electron chi connectivity index (χ3n) is 6.86. The van der Waals surface area contributed by atoms with Gasteiger partial charge in [-0.05, 0) is 37.1 Å². The molecule has 1 N–H and O–H groups in total. The maximum atomic E-state index is 13.6. The lowest BCUT2D eigenvalue weighted by molar-refractivity contribution is -0.130. The number of nitrogens with zero attached hydrogens (tertiary/aromatic N) is 4. The van der Waals surface area contributed by atoms with Crippen LogP contribution >= 0.6 is 0 Å². The normalized spacial score (nSPS) is 18.3. The lowest BCUT2D eigenvalue weighted by Gasteiger charge is -2.37. The maximum Gasteiger partial charge on any atom is 0.259 e. The van der Waals surface area contributed by atoms with Gasteiger partial charge in [-0.15, -0.1) is 0 Å². The van der Waals surface area contributed by atoms with Crippen molar-refractivity contribution in [2.75, 3.05) is 26.7 Å². The second-order valence-corrected chi connectivity index (χ2v) is 9.88. The highest BCUT2D eigenvalue weighted by Gasteiger charge is 2.34. The van der Waals surface area contributed by atoms with Gasteiger partial charge in [0.25, 0.3) is 5.91 Å². The highest BCUT2D eigenvalue weighted by atomic mass is 16.5. The van der Waals surface area contributed by atoms with Crippen molar-refractivity contribution < 1.29 is 19.4 Å². The maximum absolute atomic E-state index is 13.6. The molecule has 0 bridgehead atoms. The number of aryl methyl sites for hydroxylation is 1. The molecule has 0 saturated heterocycles. The Morgan fingerprint density at radius 1 is 1.22 bits per heavy atom. The van der Waals surface area contributed by atoms with Crippen LogP contribution in [0.2, 0.25) is 0 Å². The third-order valence-corrected chi connectivity index (χ3v) is 6.86. The minimum Gasteiger partial charge on any atom is -0.472 e. The summed E-state index contributed by atoms with van der Waals surface area (Å²) in [5, 5.41) is 9.89. The van der Waals surface area contributed by atoms with E-state index in [2.05, 4.69) is 9.97 Å². The van der Waals surface area contributed by atoms with Gasteiger partial charge < -0.3 is 19.6 Å². The van der Waals surface area contributed by atoms with Gasteiger partial charge in [-0.25, -0.2) is 4.98 Å². The molecule has 4 rings (SSSR count). The Morgan fingerprint density at radius 2 is 1.97 bits per heavy atom. The Kier molecular flexibility index (Phi) is 8.18. The molecule has 0 spiro atoms. The number of ether oxygens (including phenoxy) is 1. The predicted octanol–water partition coefficient (Wildman–Crippen LogP) is 3.37. The smallest absolute Gasteiger partial charge is 0.259 e. The second kappa shape index (κ2) is 11.5. The summed E-state index contributed by atoms with van der Waals surface area (Å²) < 4.78 is 6.33. The molecule has 0 saturated carbocycles. The number of aliphatic hydroxyl groups excluding tert-OH is 1. The molecule has 0 unspecified atom stereocenters. The van der Waals surface area contributed by atoms with E-state index < -0.39 is 6.10 Å². The van der Waals surface area contributed by atoms with Gasteiger partial charge in [0.2, 0.25) is 11.8 Å². The molecule has 1 aromatic carbocycles. The van der Waals surface area contributed by atoms with E-state index in [1.165, 1.54) is 0 Å². The number of benzene rings is 1. The molecule has 1 aliphatic heterocycles. The fraction of sp³-hybridized carbons (Fsp3) is 0.379. The van der Waals surface area contributed by atoms with Crippen LogP contribution in [0.3, 0.4) is 0 Å². The van der Waals surface area contributed by atoms with Gasteiger partial charge in [-0.1, -0.05) is 42.8 Å². The van der Waals surface area contributed by atoms with Crippen molar-refractivity contribution in [3.63, 3.8) is 0 Å². The van der Waals surface area contributed by atoms with Gasteiger partial charge in [-0.3, -0.25) is 14.6 Å². The summed E-state index contributed by atoms with van der Waals surface area (Å²) in [6.07, 6.45) is 4.91. The van der Waals surface area contributed by atoms with Crippen LogP contribution in [-0.2, 0) is 11.2 Å². The number of amides is 2. The zero-order chi connectivity index (χ0) is 26.5. The van der Waals surface area contributed by atoms with Crippen LogP contribution in [0.5, 0.6) is 5.88 Å². The number of hydrogen-bond donors (Lipinski definition) is 1. The highest BCUT2D eigenvalue weighted by Crippen LogP contribution is 2.30. The molecule has 3 aromatic rings. The summed E-state index contributed by atoms with van der Waals surface area (Å²) in [5.74, 6) is -0.159. The number of pyridine rings is 2. The van der Waals surface area contributed by atoms with Gasteiger partial charge in [-0.2, -0.15) is 0 Å². The summed E-state index contributed by atoms with van der Waals surface area (Å²) in [5.41, 5.74) is 4.09. The summed E-state index contributed by atoms with van der Waals surface area (Å²) in [7, 11) is 1.75. The zero-order valence-electron chi connectivity index (χ0n) is 21.8. The lowest BCUT2D eigenvalue weighted by Crippen LogP contribution is -2.50. The first-order chi connectivity index (χ1) is 17.8. The van der Waals surface area contributed by atoms with E-state index in [1.54, 1.807) is 41.5 Å². The quantitative estimate of drug-likeness (QED) is 0.532. The average molecular weight is 503 g/mol. The first kappa shape index (κ1) is 26.3. The molecule has 3 atom stereocenters. The van der Waals surface area contributed by atoms with E-state index in [1.807, 2.05) is 57.2 Å². The molecule has 1 aliphatic rings. The van der Waals surface area contributed by atoms with Gasteiger partial charge >= 0.3 is 0 Å². The molecule has 8 heteroatoms. The summed E-state index contributed by atoms with van der Waals surface area (Å²) in [4.78, 5) is 38.5. The van der Waals surface area contributed by atoms with Gasteiger partial charge in [0.05, 0.1) is 25.6 Å². The van der Waals surface area contributed by atoms with E-state index in [0.717, 1.165) is 22.3 Å². The van der Waals surface area contributed by atoms with Gasteiger partial charge in [0.1, 0.15) is 11.7 Å². The second-order valence-electron chi connectivity index (χ2n) is 9.88. The number of rotatable bonds is 7. The molecule has 2 amide bonds. The third kappa shape index (κ3) is 6.14. The monoisotopic (exact) mass is 502 g/mol. The lowest BCUT2D eigenvalue weighted by atomic mass is 9.99. The summed E-state index contributed by atoms with van der Waals surface area (Å²) in [6.45, 7) is 6.38. The van der Waals surface area contributed by atoms with Crippen molar-refractivity contribution in [1.82, 2.24) is 19.8 Å². The number of aliphatic hydroxyl groups is 1. The van der Waals surface area contributed by atoms with Crippen molar-refractivity contribution in [2.24, 2.45) is 5.92 Å². The summed E-state index contributed by atoms with van der Waals surface area (Å²) >= 11 is 0. The van der Waals surface area contributed by atoms with Crippen LogP contribution in [-0.4, -0.2) is 75.6 Å². The number of aromatic nitrogens is 2. The van der Waals surface area contributed by atoms with Crippen LogP contribution in [0.15, 0.2) is 61.1 Å². The van der Waals surface area contributed by atoms with Gasteiger partial charge in [0.15, 0.2) is 0 Å². The van der Waals surface area contributed by atoms with E-state index >= 15 is 0 Å². The minimum absolute atomic E-state index is 0.0505. The first-order valence-corrected chi connectivity index (χ1v) is 12.5. The molecule has 194 valence electrons. The number of likely N-dealkylation sites (N-methyl/N-ethyl adjacent to an activating group) is 1. The average Bonchev–Trinajstić information content (AvgIpc) is 2.91. The van der Waals surface area contributed by atoms with Gasteiger partial charge in [0, 0.05) is 43.7 Å². The molecule has 8 nitrogen and oxygen atoms in total. The Bertz CT molecular complexity index is 1230. The van der Waals surface area contributed by atoms with Crippen molar-refractivity contribution in [1.29, 1.82) is 0 Å². The molecule has 0 aliphatic carbocycles. The standard InChI is InChI=1S/C29H34N4O4/c1-19-7-9-23(10-8-19)24-13-25-28(31-15-24)37-26(20(2)16-33(29(25)36)21(3)18-34)17-32(4)27(35)12-22-6-5-11-30-14-22/h5-11,13-15,20-21,26,34H,12,16-18H2,1-4H3/t20-,21-,26-/m1/s1. The number of carbonyl (C=O) groups excluding carboxylic acids is 2. The zero-order valence-corrected chi connectivity index (χ0v) is 21.8. The Morgan fingerprint density at radius 3 is 2.65 bits per heavy atom. The topological polar surface area (TPSA) is 95.9 Å². The molecular weight excluding hydrogens is 468 g/mol. The Balaban J connectivity index is 1.63. The van der Waals surface area contributed by atoms with Crippen molar-refractivity contribution in [3.8, 4) is 17.0 Å². The highest BCUT2D eigenvalue weighted by molar-refractivity contribution is 5.98. The molecular formula is C29H34N4O4. The predicted molar refractivity (Wildman–Crippen MR) is 141 cm³/mol. The Hall–Kier alpha value is -3.78. The fourth-order valence-electron chi connectivity index (χ4n) is 4.41. The number of carbonyl (C=O) groups is 2. The van der Waals surface area contributed by atoms with Crippen LogP contribution in [0, 0.1) is 12.8 Å². The van der Waals surface area contributed by atoms with Crippen molar-refractivity contribution in [3.05, 3.63) is 77.7 Å². The van der Waals surface area contributed by atoms with Crippen LogP contribution in [0.25, 0.3) is 11.1 Å².